The Bertz CT molecular complexity index is 1530. The number of hydrogen-bond donors (Lipinski definition) is 3. The van der Waals surface area contributed by atoms with Crippen molar-refractivity contribution in [1.29, 1.82) is 0 Å². The van der Waals surface area contributed by atoms with Crippen LogP contribution >= 0.6 is 0 Å². The number of carbonyl (C=O) groups is 2. The van der Waals surface area contributed by atoms with E-state index in [4.69, 9.17) is 10.2 Å². The molecule has 2 aromatic carbocycles. The molecule has 0 fully saturated rings. The van der Waals surface area contributed by atoms with Gasteiger partial charge in [0.2, 0.25) is 11.3 Å². The Kier molecular flexibility index (Phi) is 8.12. The van der Waals surface area contributed by atoms with Gasteiger partial charge in [-0.2, -0.15) is 0 Å². The summed E-state index contributed by atoms with van der Waals surface area (Å²) in [5.41, 5.74) is 9.83. The molecule has 0 unspecified atom stereocenters. The van der Waals surface area contributed by atoms with Crippen molar-refractivity contribution in [3.63, 3.8) is 0 Å². The van der Waals surface area contributed by atoms with E-state index >= 15 is 0 Å². The van der Waals surface area contributed by atoms with Crippen LogP contribution in [0.3, 0.4) is 0 Å². The highest BCUT2D eigenvalue weighted by molar-refractivity contribution is 6.08. The van der Waals surface area contributed by atoms with Crippen molar-refractivity contribution in [3.8, 4) is 22.5 Å². The van der Waals surface area contributed by atoms with Gasteiger partial charge in [-0.15, -0.1) is 0 Å². The minimum Gasteiger partial charge on any atom is -0.478 e. The van der Waals surface area contributed by atoms with Crippen LogP contribution in [-0.4, -0.2) is 51.7 Å². The number of carbonyl (C=O) groups excluding carboxylic acids is 1. The Hall–Kier alpha value is -4.17. The Morgan fingerprint density at radius 2 is 1.74 bits per heavy atom. The first-order chi connectivity index (χ1) is 18.2. The van der Waals surface area contributed by atoms with E-state index in [1.165, 1.54) is 6.07 Å². The zero-order valence-corrected chi connectivity index (χ0v) is 22.4. The summed E-state index contributed by atoms with van der Waals surface area (Å²) < 4.78 is 8.35. The molecule has 0 spiro atoms. The number of nitrogens with two attached hydrogens (primary N) is 1. The fourth-order valence-electron chi connectivity index (χ4n) is 4.56. The Balaban J connectivity index is 1.87. The third-order valence-electron chi connectivity index (χ3n) is 6.63. The molecule has 2 aromatic rings. The lowest BCUT2D eigenvalue weighted by Gasteiger charge is -2.19. The van der Waals surface area contributed by atoms with Gasteiger partial charge in [0.15, 0.2) is 0 Å². The minimum atomic E-state index is -1.07. The van der Waals surface area contributed by atoms with Gasteiger partial charge in [-0.05, 0) is 55.3 Å². The molecule has 1 aliphatic carbocycles. The molecule has 38 heavy (non-hydrogen) atoms. The topological polar surface area (TPSA) is 112 Å². The van der Waals surface area contributed by atoms with E-state index < -0.39 is 5.97 Å². The first kappa shape index (κ1) is 26.9. The van der Waals surface area contributed by atoms with Crippen LogP contribution in [0.4, 0.5) is 11.4 Å². The van der Waals surface area contributed by atoms with Crippen molar-refractivity contribution in [2.75, 3.05) is 45.0 Å². The van der Waals surface area contributed by atoms with Crippen molar-refractivity contribution >= 4 is 34.2 Å². The van der Waals surface area contributed by atoms with Gasteiger partial charge in [-0.1, -0.05) is 12.5 Å². The summed E-state index contributed by atoms with van der Waals surface area (Å²) in [4.78, 5) is 26.9. The molecule has 1 amide bonds. The van der Waals surface area contributed by atoms with E-state index in [2.05, 4.69) is 5.32 Å². The van der Waals surface area contributed by atoms with E-state index in [1.807, 2.05) is 74.1 Å². The highest BCUT2D eigenvalue weighted by Gasteiger charge is 2.23. The number of carboxylic acids is 1. The molecule has 2 aliphatic rings. The number of rotatable bonds is 9. The van der Waals surface area contributed by atoms with Crippen LogP contribution in [0, 0.1) is 0 Å². The number of carboxylic acid groups (broad SMARTS) is 1. The van der Waals surface area contributed by atoms with E-state index in [9.17, 15) is 14.7 Å². The van der Waals surface area contributed by atoms with Crippen LogP contribution in [-0.2, 0) is 4.79 Å². The van der Waals surface area contributed by atoms with Crippen molar-refractivity contribution in [2.45, 2.75) is 25.7 Å². The molecular formula is C30H35N4O4+. The smallest absolute Gasteiger partial charge is 0.336 e. The Labute approximate surface area is 222 Å². The number of anilines is 2. The lowest BCUT2D eigenvalue weighted by atomic mass is 9.90. The first-order valence-electron chi connectivity index (χ1n) is 12.8. The second-order valence-electron chi connectivity index (χ2n) is 9.84. The van der Waals surface area contributed by atoms with Crippen molar-refractivity contribution < 1.29 is 19.1 Å². The van der Waals surface area contributed by atoms with E-state index in [0.717, 1.165) is 46.8 Å². The van der Waals surface area contributed by atoms with Gasteiger partial charge in [-0.25, -0.2) is 9.37 Å². The SMILES string of the molecule is CN(C)c1ccc2c(-c3ccc(NC(=O)CCCCCN)cc3C(=O)O)c3ccc(=[N+](C)C)cc-3oc2c1. The summed E-state index contributed by atoms with van der Waals surface area (Å²) >= 11 is 0. The van der Waals surface area contributed by atoms with Crippen LogP contribution in [0.25, 0.3) is 33.4 Å². The number of hydrogen-bond acceptors (Lipinski definition) is 5. The molecule has 4 rings (SSSR count). The fourth-order valence-corrected chi connectivity index (χ4v) is 4.56. The van der Waals surface area contributed by atoms with Gasteiger partial charge >= 0.3 is 5.97 Å². The summed E-state index contributed by atoms with van der Waals surface area (Å²) in [6, 6.07) is 16.9. The van der Waals surface area contributed by atoms with Crippen LogP contribution < -0.4 is 25.9 Å². The monoisotopic (exact) mass is 515 g/mol. The van der Waals surface area contributed by atoms with Crippen LogP contribution in [0.5, 0.6) is 0 Å². The lowest BCUT2D eigenvalue weighted by molar-refractivity contribution is -0.116. The second-order valence-corrected chi connectivity index (χ2v) is 9.84. The third-order valence-corrected chi connectivity index (χ3v) is 6.63. The zero-order valence-electron chi connectivity index (χ0n) is 22.4. The normalized spacial score (nSPS) is 11.1. The molecule has 0 saturated carbocycles. The number of unbranched alkanes of at least 4 members (excludes halogenated alkanes) is 2. The summed E-state index contributed by atoms with van der Waals surface area (Å²) in [6.07, 6.45) is 2.86. The lowest BCUT2D eigenvalue weighted by Crippen LogP contribution is -2.21. The maximum atomic E-state index is 12.5. The summed E-state index contributed by atoms with van der Waals surface area (Å²) in [5, 5.41) is 14.8. The van der Waals surface area contributed by atoms with Crippen LogP contribution in [0.15, 0.2) is 59.0 Å². The molecule has 0 atom stereocenters. The van der Waals surface area contributed by atoms with Crippen molar-refractivity contribution in [3.05, 3.63) is 65.5 Å². The highest BCUT2D eigenvalue weighted by atomic mass is 16.4. The van der Waals surface area contributed by atoms with Gasteiger partial charge in [0.05, 0.1) is 11.6 Å². The Morgan fingerprint density at radius 3 is 2.42 bits per heavy atom. The average Bonchev–Trinajstić information content (AvgIpc) is 2.89. The van der Waals surface area contributed by atoms with Gasteiger partial charge in [-0.3, -0.25) is 4.79 Å². The largest absolute Gasteiger partial charge is 0.478 e. The summed E-state index contributed by atoms with van der Waals surface area (Å²) in [5.74, 6) is -0.565. The number of amides is 1. The maximum Gasteiger partial charge on any atom is 0.336 e. The number of nitrogens with zero attached hydrogens (tertiary/aromatic N) is 2. The standard InChI is InChI=1S/C30H34N4O4/c1-33(2)20-10-13-23-26(17-20)38-27-18-21(34(3)4)11-14-24(27)29(23)22-12-9-19(16-25(22)30(36)37)32-28(35)8-6-5-7-15-31/h9-14,16-18H,5-8,15,31H2,1-4H3,(H,36,37)/p+1. The molecular weight excluding hydrogens is 480 g/mol. The number of aromatic carboxylic acids is 1. The molecule has 0 aromatic heterocycles. The quantitative estimate of drug-likeness (QED) is 0.172. The van der Waals surface area contributed by atoms with Crippen molar-refractivity contribution in [2.24, 2.45) is 5.73 Å². The first-order valence-corrected chi connectivity index (χ1v) is 12.8. The van der Waals surface area contributed by atoms with Crippen LogP contribution in [0.1, 0.15) is 36.0 Å². The molecule has 8 nitrogen and oxygen atoms in total. The summed E-state index contributed by atoms with van der Waals surface area (Å²) in [6.45, 7) is 0.605. The van der Waals surface area contributed by atoms with Gasteiger partial charge in [0.25, 0.3) is 0 Å². The summed E-state index contributed by atoms with van der Waals surface area (Å²) in [7, 11) is 7.84. The van der Waals surface area contributed by atoms with Gasteiger partial charge < -0.3 is 25.5 Å². The predicted octanol–water partition coefficient (Wildman–Crippen LogP) is 4.46. The molecule has 1 aliphatic heterocycles. The molecule has 1 heterocycles. The Morgan fingerprint density at radius 1 is 0.974 bits per heavy atom. The predicted molar refractivity (Wildman–Crippen MR) is 153 cm³/mol. The number of fused-ring (bicyclic) bond motifs is 2. The molecule has 0 bridgehead atoms. The van der Waals surface area contributed by atoms with Gasteiger partial charge in [0.1, 0.15) is 25.4 Å². The van der Waals surface area contributed by atoms with Gasteiger partial charge in [0, 0.05) is 60.5 Å². The van der Waals surface area contributed by atoms with Crippen LogP contribution in [0.2, 0.25) is 0 Å². The number of benzene rings is 3. The maximum absolute atomic E-state index is 12.5. The molecule has 198 valence electrons. The highest BCUT2D eigenvalue weighted by Crippen LogP contribution is 2.42. The molecule has 0 radical (unpaired) electrons. The zero-order chi connectivity index (χ0) is 27.4. The fraction of sp³-hybridized carbons (Fsp3) is 0.300. The molecule has 0 saturated heterocycles. The number of nitrogens with one attached hydrogen (secondary N) is 1. The van der Waals surface area contributed by atoms with E-state index in [-0.39, 0.29) is 11.5 Å². The van der Waals surface area contributed by atoms with Crippen molar-refractivity contribution in [1.82, 2.24) is 4.58 Å². The van der Waals surface area contributed by atoms with E-state index in [1.54, 1.807) is 12.1 Å². The minimum absolute atomic E-state index is 0.105. The average molecular weight is 516 g/mol. The molecule has 4 N–H and O–H groups in total. The second kappa shape index (κ2) is 11.5. The third kappa shape index (κ3) is 5.70. The molecule has 8 heteroatoms. The van der Waals surface area contributed by atoms with E-state index in [0.29, 0.717) is 35.6 Å².